The minimum atomic E-state index is -4.77. The number of rotatable bonds is 12. The van der Waals surface area contributed by atoms with Crippen molar-refractivity contribution in [2.24, 2.45) is 5.41 Å². The first-order valence-corrected chi connectivity index (χ1v) is 23.6. The van der Waals surface area contributed by atoms with Gasteiger partial charge in [-0.2, -0.15) is 14.5 Å². The van der Waals surface area contributed by atoms with Crippen LogP contribution in [0.25, 0.3) is 27.5 Å². The molecule has 0 atom stereocenters. The van der Waals surface area contributed by atoms with Crippen molar-refractivity contribution < 1.29 is 32.0 Å². The van der Waals surface area contributed by atoms with E-state index in [1.54, 1.807) is 12.3 Å². The Kier molecular flexibility index (Phi) is 11.2. The van der Waals surface area contributed by atoms with Gasteiger partial charge in [-0.1, -0.05) is 35.7 Å². The van der Waals surface area contributed by atoms with Crippen molar-refractivity contribution in [2.75, 3.05) is 69.4 Å². The maximum atomic E-state index is 15.3. The predicted molar refractivity (Wildman–Crippen MR) is 245 cm³/mol. The van der Waals surface area contributed by atoms with Crippen molar-refractivity contribution in [3.05, 3.63) is 111 Å². The van der Waals surface area contributed by atoms with Gasteiger partial charge in [-0.05, 0) is 97.2 Å². The Labute approximate surface area is 379 Å². The molecule has 10 rings (SSSR count). The Morgan fingerprint density at radius 3 is 2.57 bits per heavy atom. The number of fused-ring (bicyclic) bond motifs is 3. The smallest absolute Gasteiger partial charge is 0.284 e. The van der Waals surface area contributed by atoms with Crippen LogP contribution in [0.4, 0.5) is 27.1 Å². The van der Waals surface area contributed by atoms with Crippen LogP contribution < -0.4 is 19.3 Å². The normalized spacial score (nSPS) is 17.6. The highest BCUT2D eigenvalue weighted by atomic mass is 35.5. The largest absolute Gasteiger partial charge is 0.474 e. The summed E-state index contributed by atoms with van der Waals surface area (Å²) in [5, 5.41) is 17.3. The van der Waals surface area contributed by atoms with Crippen molar-refractivity contribution in [3.63, 3.8) is 0 Å². The van der Waals surface area contributed by atoms with Crippen LogP contribution in [0.15, 0.2) is 83.4 Å². The van der Waals surface area contributed by atoms with E-state index in [1.165, 1.54) is 49.5 Å². The number of nitrogens with one attached hydrogen (secondary N) is 2. The number of halogens is 2. The molecule has 1 saturated carbocycles. The molecule has 16 nitrogen and oxygen atoms in total. The average Bonchev–Trinajstić information content (AvgIpc) is 3.89. The number of piperazine rings is 1. The molecule has 3 aromatic carbocycles. The second-order valence-corrected chi connectivity index (χ2v) is 19.5. The van der Waals surface area contributed by atoms with Gasteiger partial charge in [-0.25, -0.2) is 17.8 Å². The second-order valence-electron chi connectivity index (χ2n) is 17.3. The van der Waals surface area contributed by atoms with E-state index in [9.17, 15) is 23.3 Å². The standard InChI is InChI=1S/C46H47ClFN9O7S/c1-63-21-20-56-42(48)41-37(51-56)25-34(26-39(41)57(59)60)65(61,62)52-44(58)35-8-7-33(24-38(35)55-19-22-64-45-40(55)23-30-10-14-49-43(30)50-45)54-17-15-53(16-18-54)28-31-9-13-46(11-2-12-46)27-36(31)29-3-5-32(47)6-4-29/h3-8,10,14,23-26H,2,9,11-13,15-22,27-28H2,1H3,(H,49,50)(H,52,58). The molecular formula is C46H47ClFN9O7S. The number of amides is 1. The number of methoxy groups -OCH3 is 1. The number of hydrogen-bond donors (Lipinski definition) is 2. The van der Waals surface area contributed by atoms with E-state index in [1.807, 2.05) is 41.3 Å². The number of H-pyrrole nitrogens is 1. The Morgan fingerprint density at radius 2 is 1.83 bits per heavy atom. The van der Waals surface area contributed by atoms with Crippen LogP contribution in [0, 0.1) is 21.5 Å². The van der Waals surface area contributed by atoms with E-state index in [2.05, 4.69) is 41.7 Å². The van der Waals surface area contributed by atoms with Gasteiger partial charge in [0, 0.05) is 68.2 Å². The molecule has 1 spiro atoms. The number of ether oxygens (including phenoxy) is 2. The van der Waals surface area contributed by atoms with Crippen molar-refractivity contribution in [1.82, 2.24) is 29.4 Å². The van der Waals surface area contributed by atoms with Gasteiger partial charge in [-0.15, -0.1) is 0 Å². The fraction of sp³-hybridized carbons (Fsp3) is 0.370. The third kappa shape index (κ3) is 8.17. The Balaban J connectivity index is 0.944. The van der Waals surface area contributed by atoms with Crippen LogP contribution >= 0.6 is 11.6 Å². The number of carbonyl (C=O) groups excluding carboxylic acids is 1. The number of allylic oxidation sites excluding steroid dienone is 1. The first kappa shape index (κ1) is 42.8. The second kappa shape index (κ2) is 17.0. The Bertz CT molecular complexity index is 3000. The summed E-state index contributed by atoms with van der Waals surface area (Å²) < 4.78 is 57.3. The van der Waals surface area contributed by atoms with Crippen molar-refractivity contribution >= 4 is 77.8 Å². The number of nitro groups is 1. The molecule has 6 aromatic rings. The summed E-state index contributed by atoms with van der Waals surface area (Å²) in [6.45, 7) is 4.53. The molecular weight excluding hydrogens is 877 g/mol. The zero-order valence-corrected chi connectivity index (χ0v) is 37.3. The van der Waals surface area contributed by atoms with Gasteiger partial charge in [-0.3, -0.25) is 19.8 Å². The third-order valence-corrected chi connectivity index (χ3v) is 15.1. The number of carbonyl (C=O) groups is 1. The van der Waals surface area contributed by atoms with E-state index in [0.717, 1.165) is 78.5 Å². The zero-order valence-electron chi connectivity index (χ0n) is 35.7. The topological polar surface area (TPSA) is 181 Å². The fourth-order valence-electron chi connectivity index (χ4n) is 9.86. The van der Waals surface area contributed by atoms with Gasteiger partial charge in [0.25, 0.3) is 21.6 Å². The van der Waals surface area contributed by atoms with E-state index in [-0.39, 0.29) is 30.8 Å². The lowest BCUT2D eigenvalue weighted by Gasteiger charge is -2.47. The summed E-state index contributed by atoms with van der Waals surface area (Å²) >= 11 is 6.29. The van der Waals surface area contributed by atoms with Gasteiger partial charge < -0.3 is 24.3 Å². The lowest BCUT2D eigenvalue weighted by molar-refractivity contribution is -0.383. The summed E-state index contributed by atoms with van der Waals surface area (Å²) in [6.07, 6.45) is 9.10. The van der Waals surface area contributed by atoms with Crippen LogP contribution in [0.1, 0.15) is 54.4 Å². The van der Waals surface area contributed by atoms with Gasteiger partial charge in [0.05, 0.1) is 40.8 Å². The Hall–Kier alpha value is -6.08. The van der Waals surface area contributed by atoms with Gasteiger partial charge in [0.1, 0.15) is 28.8 Å². The number of aromatic amines is 1. The molecule has 4 aliphatic rings. The van der Waals surface area contributed by atoms with Crippen molar-refractivity contribution in [2.45, 2.75) is 50.0 Å². The number of hydrogen-bond acceptors (Lipinski definition) is 12. The number of pyridine rings is 1. The van der Waals surface area contributed by atoms with E-state index < -0.39 is 42.8 Å². The summed E-state index contributed by atoms with van der Waals surface area (Å²) in [5.41, 5.74) is 6.11. The minimum absolute atomic E-state index is 0.0339. The molecule has 1 saturated heterocycles. The summed E-state index contributed by atoms with van der Waals surface area (Å²) in [6, 6.07) is 19.1. The molecule has 2 fully saturated rings. The maximum absolute atomic E-state index is 15.3. The molecule has 19 heteroatoms. The monoisotopic (exact) mass is 923 g/mol. The predicted octanol–water partition coefficient (Wildman–Crippen LogP) is 7.84. The highest BCUT2D eigenvalue weighted by molar-refractivity contribution is 7.90. The quantitative estimate of drug-likeness (QED) is 0.0898. The minimum Gasteiger partial charge on any atom is -0.474 e. The summed E-state index contributed by atoms with van der Waals surface area (Å²) in [5.74, 6) is -1.63. The number of anilines is 3. The van der Waals surface area contributed by atoms with Crippen LogP contribution in [0.2, 0.25) is 5.02 Å². The average molecular weight is 924 g/mol. The third-order valence-electron chi connectivity index (χ3n) is 13.5. The molecule has 0 radical (unpaired) electrons. The zero-order chi connectivity index (χ0) is 45.0. The first-order valence-electron chi connectivity index (χ1n) is 21.8. The highest BCUT2D eigenvalue weighted by Gasteiger charge is 2.41. The molecule has 65 heavy (non-hydrogen) atoms. The molecule has 0 unspecified atom stereocenters. The first-order chi connectivity index (χ1) is 31.4. The maximum Gasteiger partial charge on any atom is 0.284 e. The van der Waals surface area contributed by atoms with Gasteiger partial charge >= 0.3 is 0 Å². The highest BCUT2D eigenvalue weighted by Crippen LogP contribution is 2.55. The number of sulfonamides is 1. The molecule has 2 N–H and O–H groups in total. The molecule has 0 bridgehead atoms. The lowest BCUT2D eigenvalue weighted by Crippen LogP contribution is -2.47. The number of nitro benzene ring substituents is 1. The fourth-order valence-corrected chi connectivity index (χ4v) is 11.0. The summed E-state index contributed by atoms with van der Waals surface area (Å²) in [7, 11) is -3.36. The van der Waals surface area contributed by atoms with Crippen molar-refractivity contribution in [3.8, 4) is 5.88 Å². The molecule has 2 aliphatic heterocycles. The molecule has 338 valence electrons. The van der Waals surface area contributed by atoms with Crippen LogP contribution in [-0.2, 0) is 21.3 Å². The van der Waals surface area contributed by atoms with Gasteiger partial charge in [0.2, 0.25) is 11.8 Å². The van der Waals surface area contributed by atoms with E-state index >= 15 is 4.39 Å². The molecule has 3 aromatic heterocycles. The molecule has 1 amide bonds. The number of aromatic nitrogens is 4. The van der Waals surface area contributed by atoms with E-state index in [0.29, 0.717) is 34.9 Å². The molecule has 2 aliphatic carbocycles. The van der Waals surface area contributed by atoms with Crippen molar-refractivity contribution in [1.29, 1.82) is 0 Å². The SMILES string of the molecule is COCCn1nc2cc(S(=O)(=O)NC(=O)c3ccc(N4CCN(CC5=C(c6ccc(Cl)cc6)CC6(CCC6)CC5)CC4)cc3N3CCOc4nc5[nH]ccc5cc43)cc([N+](=O)[O-])c2c1F. The molecule has 5 heterocycles. The van der Waals surface area contributed by atoms with E-state index in [4.69, 9.17) is 21.1 Å². The lowest BCUT2D eigenvalue weighted by atomic mass is 9.59. The number of nitrogens with zero attached hydrogens (tertiary/aromatic N) is 7. The van der Waals surface area contributed by atoms with Crippen LogP contribution in [0.3, 0.4) is 0 Å². The van der Waals surface area contributed by atoms with Gasteiger partial charge in [0.15, 0.2) is 0 Å². The number of benzene rings is 3. The van der Waals surface area contributed by atoms with Crippen LogP contribution in [0.5, 0.6) is 5.88 Å². The summed E-state index contributed by atoms with van der Waals surface area (Å²) in [4.78, 5) is 39.4. The Morgan fingerprint density at radius 1 is 1.03 bits per heavy atom. The van der Waals surface area contributed by atoms with Crippen LogP contribution in [-0.4, -0.2) is 103 Å². The number of non-ortho nitro benzene ring substituents is 1.